The Kier molecular flexibility index (Phi) is 4.01. The molecule has 0 radical (unpaired) electrons. The van der Waals surface area contributed by atoms with Crippen molar-refractivity contribution < 1.29 is 4.74 Å². The number of hydrogen-bond donors (Lipinski definition) is 3. The Morgan fingerprint density at radius 2 is 2.14 bits per heavy atom. The molecule has 3 aromatic rings. The summed E-state index contributed by atoms with van der Waals surface area (Å²) in [7, 11) is 1.64. The second-order valence-corrected chi connectivity index (χ2v) is 5.36. The van der Waals surface area contributed by atoms with Crippen LogP contribution in [0, 0.1) is 0 Å². The first-order valence-electron chi connectivity index (χ1n) is 6.63. The molecule has 0 spiro atoms. The summed E-state index contributed by atoms with van der Waals surface area (Å²) >= 11 is 1.45. The highest BCUT2D eigenvalue weighted by molar-refractivity contribution is 7.98. The fourth-order valence-corrected chi connectivity index (χ4v) is 2.44. The van der Waals surface area contributed by atoms with E-state index >= 15 is 0 Å². The van der Waals surface area contributed by atoms with Gasteiger partial charge in [-0.3, -0.25) is 0 Å². The summed E-state index contributed by atoms with van der Waals surface area (Å²) in [4.78, 5) is 16.2. The first-order chi connectivity index (χ1) is 10.7. The van der Waals surface area contributed by atoms with Gasteiger partial charge >= 0.3 is 0 Å². The number of fused-ring (bicyclic) bond motifs is 1. The number of hydrogen-bond acceptors (Lipinski definition) is 7. The lowest BCUT2D eigenvalue weighted by atomic mass is 10.3. The van der Waals surface area contributed by atoms with Crippen LogP contribution in [0.1, 0.15) is 5.82 Å². The number of aromatic amines is 1. The van der Waals surface area contributed by atoms with Crippen LogP contribution in [0.4, 0.5) is 11.6 Å². The number of benzene rings is 1. The van der Waals surface area contributed by atoms with Crippen LogP contribution in [0.15, 0.2) is 29.4 Å². The van der Waals surface area contributed by atoms with Gasteiger partial charge in [-0.1, -0.05) is 11.8 Å². The van der Waals surface area contributed by atoms with Crippen molar-refractivity contribution in [3.63, 3.8) is 0 Å². The highest BCUT2D eigenvalue weighted by Gasteiger charge is 2.06. The smallest absolute Gasteiger partial charge is 0.191 e. The summed E-state index contributed by atoms with van der Waals surface area (Å²) in [5, 5.41) is 3.83. The molecule has 0 fully saturated rings. The molecule has 0 saturated carbocycles. The Morgan fingerprint density at radius 1 is 1.27 bits per heavy atom. The topological polar surface area (TPSA) is 102 Å². The van der Waals surface area contributed by atoms with Crippen LogP contribution in [0.3, 0.4) is 0 Å². The number of thioether (sulfide) groups is 1. The third-order valence-corrected chi connectivity index (χ3v) is 3.63. The lowest BCUT2D eigenvalue weighted by molar-refractivity contribution is 0.415. The summed E-state index contributed by atoms with van der Waals surface area (Å²) < 4.78 is 5.20. The molecule has 4 N–H and O–H groups in total. The highest BCUT2D eigenvalue weighted by atomic mass is 32.2. The van der Waals surface area contributed by atoms with E-state index in [0.29, 0.717) is 23.3 Å². The molecule has 114 valence electrons. The highest BCUT2D eigenvalue weighted by Crippen LogP contribution is 2.19. The minimum Gasteiger partial charge on any atom is -0.497 e. The van der Waals surface area contributed by atoms with E-state index in [2.05, 4.69) is 25.3 Å². The van der Waals surface area contributed by atoms with E-state index in [1.165, 1.54) is 11.8 Å². The van der Waals surface area contributed by atoms with E-state index < -0.39 is 0 Å². The molecular weight excluding hydrogens is 300 g/mol. The fraction of sp³-hybridized carbons (Fsp3) is 0.214. The van der Waals surface area contributed by atoms with E-state index in [1.807, 2.05) is 24.5 Å². The number of rotatable bonds is 5. The third kappa shape index (κ3) is 3.06. The molecule has 7 nitrogen and oxygen atoms in total. The van der Waals surface area contributed by atoms with Crippen molar-refractivity contribution in [1.29, 1.82) is 0 Å². The first kappa shape index (κ1) is 14.5. The van der Waals surface area contributed by atoms with Crippen molar-refractivity contribution in [2.75, 3.05) is 24.4 Å². The molecule has 0 aliphatic heterocycles. The lowest BCUT2D eigenvalue weighted by Gasteiger charge is -2.05. The SMILES string of the molecule is COc1ccc2nc(CNc3cc(N)nc(SC)n3)[nH]c2c1. The van der Waals surface area contributed by atoms with Crippen molar-refractivity contribution in [3.05, 3.63) is 30.1 Å². The molecule has 0 aliphatic rings. The Labute approximate surface area is 131 Å². The quantitative estimate of drug-likeness (QED) is 0.490. The van der Waals surface area contributed by atoms with E-state index in [9.17, 15) is 0 Å². The number of imidazole rings is 1. The summed E-state index contributed by atoms with van der Waals surface area (Å²) in [6.07, 6.45) is 1.91. The van der Waals surface area contributed by atoms with E-state index in [-0.39, 0.29) is 0 Å². The number of nitrogens with two attached hydrogens (primary N) is 1. The second-order valence-electron chi connectivity index (χ2n) is 4.58. The van der Waals surface area contributed by atoms with Crippen LogP contribution in [-0.4, -0.2) is 33.3 Å². The predicted octanol–water partition coefficient (Wildman–Crippen LogP) is 2.28. The Bertz CT molecular complexity index is 803. The first-order valence-corrected chi connectivity index (χ1v) is 7.85. The number of aromatic nitrogens is 4. The van der Waals surface area contributed by atoms with Gasteiger partial charge < -0.3 is 20.8 Å². The standard InChI is InChI=1S/C14H16N6OS/c1-21-8-3-4-9-10(5-8)18-13(17-9)7-16-12-6-11(15)19-14(20-12)22-2/h3-6H,7H2,1-2H3,(H,17,18)(H3,15,16,19,20). The summed E-state index contributed by atoms with van der Waals surface area (Å²) in [6.45, 7) is 0.515. The maximum atomic E-state index is 5.76. The van der Waals surface area contributed by atoms with Crippen molar-refractivity contribution in [3.8, 4) is 5.75 Å². The number of nitrogen functional groups attached to an aromatic ring is 1. The minimum absolute atomic E-state index is 0.441. The number of nitrogens with zero attached hydrogens (tertiary/aromatic N) is 3. The van der Waals surface area contributed by atoms with Gasteiger partial charge in [-0.15, -0.1) is 0 Å². The van der Waals surface area contributed by atoms with Gasteiger partial charge in [-0.05, 0) is 18.4 Å². The molecule has 1 aromatic carbocycles. The molecule has 2 heterocycles. The van der Waals surface area contributed by atoms with Crippen LogP contribution in [0.5, 0.6) is 5.75 Å². The Morgan fingerprint density at radius 3 is 2.91 bits per heavy atom. The zero-order valence-electron chi connectivity index (χ0n) is 12.3. The molecule has 0 aliphatic carbocycles. The molecule has 2 aromatic heterocycles. The Balaban J connectivity index is 1.77. The fourth-order valence-electron chi connectivity index (χ4n) is 2.05. The monoisotopic (exact) mass is 316 g/mol. The molecule has 0 atom stereocenters. The normalized spacial score (nSPS) is 10.8. The zero-order chi connectivity index (χ0) is 15.5. The van der Waals surface area contributed by atoms with Crippen molar-refractivity contribution >= 4 is 34.4 Å². The van der Waals surface area contributed by atoms with E-state index in [0.717, 1.165) is 22.6 Å². The van der Waals surface area contributed by atoms with Crippen molar-refractivity contribution in [1.82, 2.24) is 19.9 Å². The minimum atomic E-state index is 0.441. The van der Waals surface area contributed by atoms with Gasteiger partial charge in [0, 0.05) is 12.1 Å². The molecule has 0 saturated heterocycles. The number of methoxy groups -OCH3 is 1. The van der Waals surface area contributed by atoms with E-state index in [4.69, 9.17) is 10.5 Å². The molecule has 0 unspecified atom stereocenters. The van der Waals surface area contributed by atoms with Crippen LogP contribution in [-0.2, 0) is 6.54 Å². The zero-order valence-corrected chi connectivity index (χ0v) is 13.1. The maximum Gasteiger partial charge on any atom is 0.191 e. The van der Waals surface area contributed by atoms with Crippen LogP contribution in [0.2, 0.25) is 0 Å². The molecular formula is C14H16N6OS. The molecule has 0 amide bonds. The van der Waals surface area contributed by atoms with Gasteiger partial charge in [-0.2, -0.15) is 0 Å². The van der Waals surface area contributed by atoms with Crippen LogP contribution < -0.4 is 15.8 Å². The van der Waals surface area contributed by atoms with Gasteiger partial charge in [0.2, 0.25) is 0 Å². The van der Waals surface area contributed by atoms with Gasteiger partial charge in [0.1, 0.15) is 23.2 Å². The average molecular weight is 316 g/mol. The third-order valence-electron chi connectivity index (χ3n) is 3.08. The maximum absolute atomic E-state index is 5.76. The summed E-state index contributed by atoms with van der Waals surface area (Å²) in [6, 6.07) is 7.42. The predicted molar refractivity (Wildman–Crippen MR) is 88.2 cm³/mol. The number of nitrogens with one attached hydrogen (secondary N) is 2. The Hall–Kier alpha value is -2.48. The van der Waals surface area contributed by atoms with Crippen molar-refractivity contribution in [2.45, 2.75) is 11.7 Å². The molecule has 22 heavy (non-hydrogen) atoms. The lowest BCUT2D eigenvalue weighted by Crippen LogP contribution is -2.05. The van der Waals surface area contributed by atoms with Gasteiger partial charge in [-0.25, -0.2) is 15.0 Å². The molecule has 3 rings (SSSR count). The summed E-state index contributed by atoms with van der Waals surface area (Å²) in [5.41, 5.74) is 7.58. The van der Waals surface area contributed by atoms with Gasteiger partial charge in [0.25, 0.3) is 0 Å². The second kappa shape index (κ2) is 6.10. The largest absolute Gasteiger partial charge is 0.497 e. The van der Waals surface area contributed by atoms with Crippen LogP contribution in [0.25, 0.3) is 11.0 Å². The summed E-state index contributed by atoms with van der Waals surface area (Å²) in [5.74, 6) is 2.72. The average Bonchev–Trinajstić information content (AvgIpc) is 2.94. The molecule has 0 bridgehead atoms. The van der Waals surface area contributed by atoms with Gasteiger partial charge in [0.15, 0.2) is 5.16 Å². The van der Waals surface area contributed by atoms with Crippen molar-refractivity contribution in [2.24, 2.45) is 0 Å². The van der Waals surface area contributed by atoms with Crippen LogP contribution >= 0.6 is 11.8 Å². The number of ether oxygens (including phenoxy) is 1. The number of H-pyrrole nitrogens is 1. The van der Waals surface area contributed by atoms with Gasteiger partial charge in [0.05, 0.1) is 24.7 Å². The molecule has 8 heteroatoms. The van der Waals surface area contributed by atoms with E-state index in [1.54, 1.807) is 13.2 Å². The number of anilines is 2.